The molecule has 1 atom stereocenters. The van der Waals surface area contributed by atoms with E-state index in [4.69, 9.17) is 16.3 Å². The van der Waals surface area contributed by atoms with Crippen molar-refractivity contribution in [3.8, 4) is 5.75 Å². The van der Waals surface area contributed by atoms with Crippen molar-refractivity contribution in [2.75, 3.05) is 6.61 Å². The Hall–Kier alpha value is -3.31. The van der Waals surface area contributed by atoms with E-state index in [2.05, 4.69) is 10.6 Å². The predicted molar refractivity (Wildman–Crippen MR) is 118 cm³/mol. The molecule has 0 aromatic heterocycles. The predicted octanol–water partition coefficient (Wildman–Crippen LogP) is 4.53. The Bertz CT molecular complexity index is 991. The maximum Gasteiger partial charge on any atom is 0.258 e. The lowest BCUT2D eigenvalue weighted by molar-refractivity contribution is -0.123. The van der Waals surface area contributed by atoms with Gasteiger partial charge in [0.2, 0.25) is 0 Å². The fraction of sp³-hybridized carbons (Fsp3) is 0.167. The first-order valence-electron chi connectivity index (χ1n) is 9.61. The molecule has 0 radical (unpaired) electrons. The number of para-hydroxylation sites is 1. The molecule has 0 aliphatic rings. The van der Waals surface area contributed by atoms with Crippen LogP contribution in [0.1, 0.15) is 34.5 Å². The number of hydrogen-bond acceptors (Lipinski definition) is 3. The third-order valence-corrected chi connectivity index (χ3v) is 4.79. The van der Waals surface area contributed by atoms with Crippen molar-refractivity contribution in [3.05, 3.63) is 101 Å². The summed E-state index contributed by atoms with van der Waals surface area (Å²) >= 11 is 5.90. The average Bonchev–Trinajstić information content (AvgIpc) is 2.77. The van der Waals surface area contributed by atoms with Crippen molar-refractivity contribution in [1.29, 1.82) is 0 Å². The summed E-state index contributed by atoms with van der Waals surface area (Å²) in [6, 6.07) is 23.6. The third kappa shape index (κ3) is 6.09. The van der Waals surface area contributed by atoms with Crippen molar-refractivity contribution >= 4 is 23.4 Å². The highest BCUT2D eigenvalue weighted by atomic mass is 35.5. The Morgan fingerprint density at radius 1 is 0.933 bits per heavy atom. The van der Waals surface area contributed by atoms with Crippen LogP contribution in [0.25, 0.3) is 0 Å². The highest BCUT2D eigenvalue weighted by Gasteiger charge is 2.14. The molecule has 0 heterocycles. The van der Waals surface area contributed by atoms with Crippen LogP contribution in [0.4, 0.5) is 0 Å². The van der Waals surface area contributed by atoms with Crippen molar-refractivity contribution in [1.82, 2.24) is 10.6 Å². The van der Waals surface area contributed by atoms with E-state index in [1.165, 1.54) is 0 Å². The second-order valence-electron chi connectivity index (χ2n) is 6.79. The molecule has 0 aliphatic heterocycles. The maximum absolute atomic E-state index is 12.6. The number of carbonyl (C=O) groups is 2. The number of benzene rings is 3. The van der Waals surface area contributed by atoms with Crippen LogP contribution >= 0.6 is 11.6 Å². The average molecular weight is 423 g/mol. The van der Waals surface area contributed by atoms with Crippen molar-refractivity contribution in [2.24, 2.45) is 0 Å². The van der Waals surface area contributed by atoms with Crippen LogP contribution in [0, 0.1) is 0 Å². The van der Waals surface area contributed by atoms with Gasteiger partial charge in [-0.1, -0.05) is 66.2 Å². The molecule has 0 fully saturated rings. The number of amides is 2. The van der Waals surface area contributed by atoms with Gasteiger partial charge in [-0.3, -0.25) is 9.59 Å². The first-order valence-corrected chi connectivity index (χ1v) is 9.99. The SMILES string of the molecule is C[C@@H](NC(=O)COc1ccccc1C(=O)NCc1ccccc1)c1ccc(Cl)cc1. The Kier molecular flexibility index (Phi) is 7.46. The zero-order valence-corrected chi connectivity index (χ0v) is 17.4. The molecule has 3 aromatic rings. The molecule has 0 bridgehead atoms. The Morgan fingerprint density at radius 3 is 2.33 bits per heavy atom. The van der Waals surface area contributed by atoms with Gasteiger partial charge < -0.3 is 15.4 Å². The zero-order chi connectivity index (χ0) is 21.3. The second kappa shape index (κ2) is 10.5. The third-order valence-electron chi connectivity index (χ3n) is 4.53. The lowest BCUT2D eigenvalue weighted by Crippen LogP contribution is -2.31. The van der Waals surface area contributed by atoms with Gasteiger partial charge in [0, 0.05) is 11.6 Å². The van der Waals surface area contributed by atoms with Crippen LogP contribution in [0.15, 0.2) is 78.9 Å². The lowest BCUT2D eigenvalue weighted by Gasteiger charge is -2.16. The molecule has 0 spiro atoms. The monoisotopic (exact) mass is 422 g/mol. The summed E-state index contributed by atoms with van der Waals surface area (Å²) in [5.74, 6) is -0.182. The van der Waals surface area contributed by atoms with Crippen molar-refractivity contribution in [3.63, 3.8) is 0 Å². The van der Waals surface area contributed by atoms with Gasteiger partial charge in [-0.2, -0.15) is 0 Å². The van der Waals surface area contributed by atoms with Crippen LogP contribution in [-0.4, -0.2) is 18.4 Å². The van der Waals surface area contributed by atoms with E-state index in [0.717, 1.165) is 11.1 Å². The van der Waals surface area contributed by atoms with Gasteiger partial charge in [-0.15, -0.1) is 0 Å². The summed E-state index contributed by atoms with van der Waals surface area (Å²) in [7, 11) is 0. The van der Waals surface area contributed by atoms with Crippen LogP contribution in [0.3, 0.4) is 0 Å². The highest BCUT2D eigenvalue weighted by Crippen LogP contribution is 2.19. The van der Waals surface area contributed by atoms with E-state index in [-0.39, 0.29) is 24.5 Å². The normalized spacial score (nSPS) is 11.4. The summed E-state index contributed by atoms with van der Waals surface area (Å²) < 4.78 is 5.63. The van der Waals surface area contributed by atoms with E-state index >= 15 is 0 Å². The minimum atomic E-state index is -0.281. The molecule has 0 unspecified atom stereocenters. The molecular weight excluding hydrogens is 400 g/mol. The number of hydrogen-bond donors (Lipinski definition) is 2. The first-order chi connectivity index (χ1) is 14.5. The summed E-state index contributed by atoms with van der Waals surface area (Å²) in [5, 5.41) is 6.39. The summed E-state index contributed by atoms with van der Waals surface area (Å²) in [6.07, 6.45) is 0. The molecule has 30 heavy (non-hydrogen) atoms. The molecule has 0 saturated carbocycles. The van der Waals surface area contributed by atoms with Gasteiger partial charge in [0.05, 0.1) is 11.6 Å². The van der Waals surface area contributed by atoms with E-state index < -0.39 is 0 Å². The lowest BCUT2D eigenvalue weighted by atomic mass is 10.1. The molecule has 6 heteroatoms. The smallest absolute Gasteiger partial charge is 0.258 e. The highest BCUT2D eigenvalue weighted by molar-refractivity contribution is 6.30. The minimum Gasteiger partial charge on any atom is -0.483 e. The summed E-state index contributed by atoms with van der Waals surface area (Å²) in [4.78, 5) is 24.9. The Morgan fingerprint density at radius 2 is 1.60 bits per heavy atom. The number of ether oxygens (including phenoxy) is 1. The molecule has 3 aromatic carbocycles. The number of nitrogens with one attached hydrogen (secondary N) is 2. The number of rotatable bonds is 8. The molecule has 154 valence electrons. The molecule has 2 amide bonds. The molecule has 0 aliphatic carbocycles. The fourth-order valence-corrected chi connectivity index (χ4v) is 3.04. The zero-order valence-electron chi connectivity index (χ0n) is 16.6. The minimum absolute atomic E-state index is 0.192. The van der Waals surface area contributed by atoms with Crippen LogP contribution < -0.4 is 15.4 Å². The van der Waals surface area contributed by atoms with E-state index in [1.807, 2.05) is 49.4 Å². The van der Waals surface area contributed by atoms with Crippen LogP contribution in [0.2, 0.25) is 5.02 Å². The molecule has 5 nitrogen and oxygen atoms in total. The van der Waals surface area contributed by atoms with Gasteiger partial charge in [0.15, 0.2) is 6.61 Å². The van der Waals surface area contributed by atoms with E-state index in [0.29, 0.717) is 22.9 Å². The molecule has 2 N–H and O–H groups in total. The second-order valence-corrected chi connectivity index (χ2v) is 7.23. The van der Waals surface area contributed by atoms with Gasteiger partial charge in [-0.25, -0.2) is 0 Å². The largest absolute Gasteiger partial charge is 0.483 e. The van der Waals surface area contributed by atoms with E-state index in [9.17, 15) is 9.59 Å². The molecule has 3 rings (SSSR count). The number of halogens is 1. The van der Waals surface area contributed by atoms with Crippen molar-refractivity contribution in [2.45, 2.75) is 19.5 Å². The van der Waals surface area contributed by atoms with Gasteiger partial charge in [0.25, 0.3) is 11.8 Å². The number of carbonyl (C=O) groups excluding carboxylic acids is 2. The van der Waals surface area contributed by atoms with Gasteiger partial charge in [-0.05, 0) is 42.3 Å². The summed E-state index contributed by atoms with van der Waals surface area (Å²) in [5.41, 5.74) is 2.32. The fourth-order valence-electron chi connectivity index (χ4n) is 2.91. The molecular formula is C24H23ClN2O3. The van der Waals surface area contributed by atoms with Gasteiger partial charge in [0.1, 0.15) is 5.75 Å². The summed E-state index contributed by atoms with van der Waals surface area (Å²) in [6.45, 7) is 2.10. The van der Waals surface area contributed by atoms with E-state index in [1.54, 1.807) is 36.4 Å². The van der Waals surface area contributed by atoms with Crippen LogP contribution in [0.5, 0.6) is 5.75 Å². The maximum atomic E-state index is 12.6. The molecule has 0 saturated heterocycles. The quantitative estimate of drug-likeness (QED) is 0.560. The topological polar surface area (TPSA) is 67.4 Å². The van der Waals surface area contributed by atoms with Gasteiger partial charge >= 0.3 is 0 Å². The Balaban J connectivity index is 1.55. The standard InChI is InChI=1S/C24H23ClN2O3/c1-17(19-11-13-20(25)14-12-19)27-23(28)16-30-22-10-6-5-9-21(22)24(29)26-15-18-7-3-2-4-8-18/h2-14,17H,15-16H2,1H3,(H,26,29)(H,27,28)/t17-/m1/s1. The Labute approximate surface area is 181 Å². The van der Waals surface area contributed by atoms with Crippen LogP contribution in [-0.2, 0) is 11.3 Å². The first kappa shape index (κ1) is 21.4. The van der Waals surface area contributed by atoms with Crippen molar-refractivity contribution < 1.29 is 14.3 Å².